The van der Waals surface area contributed by atoms with Crippen LogP contribution in [0.25, 0.3) is 0 Å². The van der Waals surface area contributed by atoms with E-state index in [0.717, 1.165) is 17.7 Å². The van der Waals surface area contributed by atoms with Gasteiger partial charge >= 0.3 is 0 Å². The molecule has 0 radical (unpaired) electrons. The third-order valence-corrected chi connectivity index (χ3v) is 3.16. The van der Waals surface area contributed by atoms with Crippen LogP contribution in [-0.4, -0.2) is 17.5 Å². The van der Waals surface area contributed by atoms with Gasteiger partial charge in [-0.05, 0) is 23.8 Å². The van der Waals surface area contributed by atoms with Gasteiger partial charge in [-0.25, -0.2) is 4.99 Å². The SMILES string of the molecule is I.NC(=NCc1ccccc1Cl)NCCc1ccccn1. The summed E-state index contributed by atoms with van der Waals surface area (Å²) in [6.45, 7) is 1.18. The van der Waals surface area contributed by atoms with Crippen molar-refractivity contribution in [2.75, 3.05) is 6.54 Å². The zero-order chi connectivity index (χ0) is 14.2. The largest absolute Gasteiger partial charge is 0.370 e. The summed E-state index contributed by atoms with van der Waals surface area (Å²) in [4.78, 5) is 8.51. The van der Waals surface area contributed by atoms with E-state index in [4.69, 9.17) is 17.3 Å². The van der Waals surface area contributed by atoms with Crippen molar-refractivity contribution in [1.29, 1.82) is 0 Å². The van der Waals surface area contributed by atoms with Crippen LogP contribution in [0.4, 0.5) is 0 Å². The molecular weight excluding hydrogens is 399 g/mol. The molecular formula is C15H18ClIN4. The molecule has 4 nitrogen and oxygen atoms in total. The van der Waals surface area contributed by atoms with Crippen molar-refractivity contribution in [2.24, 2.45) is 10.7 Å². The Balaban J connectivity index is 0.00000220. The Kier molecular flexibility index (Phi) is 8.07. The molecule has 1 aromatic heterocycles. The number of nitrogens with one attached hydrogen (secondary N) is 1. The summed E-state index contributed by atoms with van der Waals surface area (Å²) >= 11 is 6.05. The normalized spacial score (nSPS) is 10.8. The second-order valence-electron chi connectivity index (χ2n) is 4.29. The predicted molar refractivity (Wildman–Crippen MR) is 98.1 cm³/mol. The molecule has 0 amide bonds. The number of aromatic nitrogens is 1. The highest BCUT2D eigenvalue weighted by atomic mass is 127. The molecule has 1 aromatic carbocycles. The maximum absolute atomic E-state index is 6.05. The molecule has 6 heteroatoms. The van der Waals surface area contributed by atoms with Gasteiger partial charge in [-0.3, -0.25) is 4.98 Å². The van der Waals surface area contributed by atoms with Crippen LogP contribution in [0.15, 0.2) is 53.7 Å². The Morgan fingerprint density at radius 1 is 1.19 bits per heavy atom. The fraction of sp³-hybridized carbons (Fsp3) is 0.200. The molecule has 0 saturated heterocycles. The van der Waals surface area contributed by atoms with Crippen molar-refractivity contribution in [3.05, 3.63) is 64.9 Å². The molecule has 0 aliphatic carbocycles. The van der Waals surface area contributed by atoms with Gasteiger partial charge in [0.1, 0.15) is 0 Å². The quantitative estimate of drug-likeness (QED) is 0.447. The van der Waals surface area contributed by atoms with Gasteiger partial charge in [-0.15, -0.1) is 24.0 Å². The monoisotopic (exact) mass is 416 g/mol. The summed E-state index contributed by atoms with van der Waals surface area (Å²) in [5.74, 6) is 0.417. The standard InChI is InChI=1S/C15H17ClN4.HI/c16-14-7-2-1-5-12(14)11-20-15(17)19-10-8-13-6-3-4-9-18-13;/h1-7,9H,8,10-11H2,(H3,17,19,20);1H. The summed E-state index contributed by atoms with van der Waals surface area (Å²) in [5, 5.41) is 3.77. The van der Waals surface area contributed by atoms with Gasteiger partial charge in [0, 0.05) is 29.9 Å². The molecule has 1 heterocycles. The van der Waals surface area contributed by atoms with Crippen molar-refractivity contribution in [2.45, 2.75) is 13.0 Å². The Morgan fingerprint density at radius 2 is 1.95 bits per heavy atom. The summed E-state index contributed by atoms with van der Waals surface area (Å²) < 4.78 is 0. The fourth-order valence-corrected chi connectivity index (χ4v) is 1.91. The van der Waals surface area contributed by atoms with E-state index in [1.54, 1.807) is 6.20 Å². The number of rotatable bonds is 5. The maximum atomic E-state index is 6.05. The molecule has 0 fully saturated rings. The first-order valence-electron chi connectivity index (χ1n) is 6.43. The third kappa shape index (κ3) is 6.31. The number of pyridine rings is 1. The number of hydrogen-bond donors (Lipinski definition) is 2. The summed E-state index contributed by atoms with van der Waals surface area (Å²) in [6.07, 6.45) is 2.59. The predicted octanol–water partition coefficient (Wildman–Crippen LogP) is 3.00. The van der Waals surface area contributed by atoms with E-state index in [0.29, 0.717) is 24.1 Å². The van der Waals surface area contributed by atoms with Crippen molar-refractivity contribution >= 4 is 41.5 Å². The molecule has 112 valence electrons. The lowest BCUT2D eigenvalue weighted by molar-refractivity contribution is 0.827. The van der Waals surface area contributed by atoms with E-state index in [1.807, 2.05) is 42.5 Å². The summed E-state index contributed by atoms with van der Waals surface area (Å²) in [6, 6.07) is 13.5. The first-order valence-corrected chi connectivity index (χ1v) is 6.80. The van der Waals surface area contributed by atoms with Gasteiger partial charge < -0.3 is 11.1 Å². The van der Waals surface area contributed by atoms with E-state index in [2.05, 4.69) is 15.3 Å². The van der Waals surface area contributed by atoms with Gasteiger partial charge in [-0.2, -0.15) is 0 Å². The lowest BCUT2D eigenvalue weighted by Crippen LogP contribution is -2.33. The van der Waals surface area contributed by atoms with Gasteiger partial charge in [-0.1, -0.05) is 35.9 Å². The van der Waals surface area contributed by atoms with E-state index in [1.165, 1.54) is 0 Å². The number of guanidine groups is 1. The van der Waals surface area contributed by atoms with Gasteiger partial charge in [0.25, 0.3) is 0 Å². The number of nitrogens with zero attached hydrogens (tertiary/aromatic N) is 2. The van der Waals surface area contributed by atoms with Crippen LogP contribution >= 0.6 is 35.6 Å². The molecule has 0 aliphatic rings. The third-order valence-electron chi connectivity index (χ3n) is 2.79. The lowest BCUT2D eigenvalue weighted by Gasteiger charge is -2.06. The van der Waals surface area contributed by atoms with Crippen molar-refractivity contribution in [3.8, 4) is 0 Å². The van der Waals surface area contributed by atoms with E-state index in [-0.39, 0.29) is 24.0 Å². The molecule has 0 unspecified atom stereocenters. The Labute approximate surface area is 146 Å². The minimum absolute atomic E-state index is 0. The van der Waals surface area contributed by atoms with Crippen LogP contribution in [0.2, 0.25) is 5.02 Å². The smallest absolute Gasteiger partial charge is 0.188 e. The molecule has 2 rings (SSSR count). The molecule has 21 heavy (non-hydrogen) atoms. The van der Waals surface area contributed by atoms with Crippen molar-refractivity contribution in [1.82, 2.24) is 10.3 Å². The van der Waals surface area contributed by atoms with E-state index in [9.17, 15) is 0 Å². The Morgan fingerprint density at radius 3 is 2.67 bits per heavy atom. The Hall–Kier alpha value is -1.34. The van der Waals surface area contributed by atoms with Crippen LogP contribution in [0.5, 0.6) is 0 Å². The van der Waals surface area contributed by atoms with Crippen LogP contribution < -0.4 is 11.1 Å². The van der Waals surface area contributed by atoms with E-state index < -0.39 is 0 Å². The molecule has 0 bridgehead atoms. The Bertz CT molecular complexity index is 575. The number of benzene rings is 1. The van der Waals surface area contributed by atoms with Crippen LogP contribution in [0.3, 0.4) is 0 Å². The number of hydrogen-bond acceptors (Lipinski definition) is 2. The number of halogens is 2. The molecule has 0 aliphatic heterocycles. The highest BCUT2D eigenvalue weighted by molar-refractivity contribution is 14.0. The average molecular weight is 417 g/mol. The topological polar surface area (TPSA) is 63.3 Å². The molecule has 0 atom stereocenters. The average Bonchev–Trinajstić information content (AvgIpc) is 2.47. The second kappa shape index (κ2) is 9.57. The van der Waals surface area contributed by atoms with Crippen LogP contribution in [0.1, 0.15) is 11.3 Å². The lowest BCUT2D eigenvalue weighted by atomic mass is 10.2. The molecule has 0 saturated carbocycles. The first kappa shape index (κ1) is 17.7. The summed E-state index contributed by atoms with van der Waals surface area (Å²) in [7, 11) is 0. The second-order valence-corrected chi connectivity index (χ2v) is 4.70. The van der Waals surface area contributed by atoms with Crippen LogP contribution in [-0.2, 0) is 13.0 Å². The van der Waals surface area contributed by atoms with Crippen LogP contribution in [0, 0.1) is 0 Å². The minimum Gasteiger partial charge on any atom is -0.370 e. The van der Waals surface area contributed by atoms with Crippen molar-refractivity contribution in [3.63, 3.8) is 0 Å². The zero-order valence-electron chi connectivity index (χ0n) is 11.5. The highest BCUT2D eigenvalue weighted by Crippen LogP contribution is 2.15. The van der Waals surface area contributed by atoms with Gasteiger partial charge in [0.05, 0.1) is 6.54 Å². The van der Waals surface area contributed by atoms with Crippen molar-refractivity contribution < 1.29 is 0 Å². The summed E-state index contributed by atoms with van der Waals surface area (Å²) in [5.41, 5.74) is 7.80. The maximum Gasteiger partial charge on any atom is 0.188 e. The first-order chi connectivity index (χ1) is 9.75. The molecule has 2 aromatic rings. The number of aliphatic imine (C=N–C) groups is 1. The highest BCUT2D eigenvalue weighted by Gasteiger charge is 1.98. The fourth-order valence-electron chi connectivity index (χ4n) is 1.72. The minimum atomic E-state index is 0. The van der Waals surface area contributed by atoms with E-state index >= 15 is 0 Å². The molecule has 3 N–H and O–H groups in total. The van der Waals surface area contributed by atoms with Gasteiger partial charge in [0.15, 0.2) is 5.96 Å². The van der Waals surface area contributed by atoms with Gasteiger partial charge in [0.2, 0.25) is 0 Å². The molecule has 0 spiro atoms. The zero-order valence-corrected chi connectivity index (χ0v) is 14.6. The number of nitrogens with two attached hydrogens (primary N) is 1.